The van der Waals surface area contributed by atoms with Crippen molar-refractivity contribution >= 4 is 105 Å². The second kappa shape index (κ2) is 16.0. The standard InChI is InChI=1S/C74H52N2O3/c1-73(2)58-23-11-9-21-51(58)53-31-27-45(39-60(53)73)75(62-25-13-17-43-15-5-7-19-49(43)62)47-29-33-55-67(41-47)77-64-37-38-65-70(69(55)64)57-35-36-66-71(72(57)79-65)56-34-30-48(42-68(56)78-66)76(63-26-14-18-44-16-6-8-20-50(44)63)46-28-32-54-52-22-10-12-24-59(52)74(3,4)61(54)40-46/h5-43,49H,1-4H3. The van der Waals surface area contributed by atoms with Crippen molar-refractivity contribution in [2.75, 3.05) is 9.80 Å². The number of nitrogens with zero attached hydrogens (tertiary/aromatic N) is 2. The quantitative estimate of drug-likeness (QED) is 0.166. The minimum Gasteiger partial charge on any atom is -0.456 e. The summed E-state index contributed by atoms with van der Waals surface area (Å²) in [5, 5.41) is 8.47. The minimum atomic E-state index is -0.153. The fourth-order valence-electron chi connectivity index (χ4n) is 14.4. The molecule has 2 unspecified atom stereocenters. The summed E-state index contributed by atoms with van der Waals surface area (Å²) in [6.45, 7) is 9.40. The minimum absolute atomic E-state index is 0.141. The topological polar surface area (TPSA) is 45.9 Å². The van der Waals surface area contributed by atoms with E-state index in [0.29, 0.717) is 0 Å². The lowest BCUT2D eigenvalue weighted by Gasteiger charge is -2.36. The van der Waals surface area contributed by atoms with Gasteiger partial charge in [0.1, 0.15) is 33.5 Å². The van der Waals surface area contributed by atoms with E-state index < -0.39 is 0 Å². The van der Waals surface area contributed by atoms with Gasteiger partial charge in [0.05, 0.1) is 11.1 Å². The summed E-state index contributed by atoms with van der Waals surface area (Å²) in [5.41, 5.74) is 21.8. The molecule has 376 valence electrons. The highest BCUT2D eigenvalue weighted by Crippen LogP contribution is 2.54. The predicted molar refractivity (Wildman–Crippen MR) is 327 cm³/mol. The van der Waals surface area contributed by atoms with Crippen LogP contribution in [-0.2, 0) is 10.8 Å². The third kappa shape index (κ3) is 6.21. The Morgan fingerprint density at radius 1 is 0.367 bits per heavy atom. The molecule has 4 aliphatic carbocycles. The highest BCUT2D eigenvalue weighted by atomic mass is 16.3. The Morgan fingerprint density at radius 2 is 0.873 bits per heavy atom. The summed E-state index contributed by atoms with van der Waals surface area (Å²) in [5.74, 6) is 0.450. The van der Waals surface area contributed by atoms with Gasteiger partial charge in [0.25, 0.3) is 0 Å². The van der Waals surface area contributed by atoms with E-state index >= 15 is 0 Å². The molecule has 0 bridgehead atoms. The number of fused-ring (bicyclic) bond motifs is 19. The average Bonchev–Trinajstić information content (AvgIpc) is 4.31. The summed E-state index contributed by atoms with van der Waals surface area (Å²) < 4.78 is 20.8. The number of hydrogen-bond acceptors (Lipinski definition) is 5. The first-order valence-electron chi connectivity index (χ1n) is 27.6. The number of anilines is 5. The maximum Gasteiger partial charge on any atom is 0.147 e. The molecule has 0 aliphatic heterocycles. The van der Waals surface area contributed by atoms with Gasteiger partial charge in [0.15, 0.2) is 0 Å². The van der Waals surface area contributed by atoms with Gasteiger partial charge in [-0.25, -0.2) is 0 Å². The molecule has 2 atom stereocenters. The first-order valence-corrected chi connectivity index (χ1v) is 27.6. The van der Waals surface area contributed by atoms with Crippen LogP contribution in [0, 0.1) is 11.8 Å². The van der Waals surface area contributed by atoms with E-state index in [1.807, 2.05) is 0 Å². The monoisotopic (exact) mass is 1020 g/mol. The Hall–Kier alpha value is -9.58. The maximum atomic E-state index is 6.99. The molecule has 0 saturated carbocycles. The fourth-order valence-corrected chi connectivity index (χ4v) is 14.4. The van der Waals surface area contributed by atoms with E-state index in [1.54, 1.807) is 0 Å². The number of benzene rings is 10. The summed E-state index contributed by atoms with van der Waals surface area (Å²) in [4.78, 5) is 4.85. The van der Waals surface area contributed by atoms with Crippen LogP contribution in [0.5, 0.6) is 0 Å². The predicted octanol–water partition coefficient (Wildman–Crippen LogP) is 20.6. The average molecular weight is 1020 g/mol. The van der Waals surface area contributed by atoms with Crippen LogP contribution < -0.4 is 9.80 Å². The van der Waals surface area contributed by atoms with E-state index in [2.05, 4.69) is 268 Å². The molecule has 10 aromatic carbocycles. The van der Waals surface area contributed by atoms with Gasteiger partial charge in [0, 0.05) is 95.6 Å². The van der Waals surface area contributed by atoms with Crippen molar-refractivity contribution in [2.45, 2.75) is 38.5 Å². The van der Waals surface area contributed by atoms with Crippen molar-refractivity contribution < 1.29 is 13.3 Å². The Labute approximate surface area is 456 Å². The Balaban J connectivity index is 0.804. The second-order valence-electron chi connectivity index (χ2n) is 23.1. The zero-order valence-corrected chi connectivity index (χ0v) is 44.2. The van der Waals surface area contributed by atoms with Gasteiger partial charge in [-0.15, -0.1) is 0 Å². The number of rotatable bonds is 6. The molecule has 4 aliphatic rings. The number of allylic oxidation sites excluding steroid dienone is 7. The van der Waals surface area contributed by atoms with Gasteiger partial charge in [-0.1, -0.05) is 161 Å². The fraction of sp³-hybridized carbons (Fsp3) is 0.108. The van der Waals surface area contributed by atoms with E-state index in [9.17, 15) is 0 Å². The summed E-state index contributed by atoms with van der Waals surface area (Å²) in [6, 6.07) is 68.8. The van der Waals surface area contributed by atoms with Crippen molar-refractivity contribution in [3.05, 3.63) is 259 Å². The molecule has 0 N–H and O–H groups in total. The van der Waals surface area contributed by atoms with Crippen molar-refractivity contribution in [1.29, 1.82) is 0 Å². The molecule has 0 fully saturated rings. The molecular weight excluding hydrogens is 965 g/mol. The van der Waals surface area contributed by atoms with Crippen LogP contribution in [0.3, 0.4) is 0 Å². The number of hydrogen-bond donors (Lipinski definition) is 0. The highest BCUT2D eigenvalue weighted by molar-refractivity contribution is 6.30. The molecule has 13 aromatic rings. The molecule has 5 heteroatoms. The van der Waals surface area contributed by atoms with E-state index in [1.165, 1.54) is 61.0 Å². The third-order valence-corrected chi connectivity index (χ3v) is 18.2. The van der Waals surface area contributed by atoms with Crippen LogP contribution >= 0.6 is 0 Å². The Bertz CT molecular complexity index is 4940. The molecule has 5 nitrogen and oxygen atoms in total. The molecule has 3 heterocycles. The van der Waals surface area contributed by atoms with Crippen LogP contribution in [0.1, 0.15) is 49.9 Å². The zero-order chi connectivity index (χ0) is 52.5. The van der Waals surface area contributed by atoms with Crippen molar-refractivity contribution in [2.24, 2.45) is 11.8 Å². The van der Waals surface area contributed by atoms with E-state index in [0.717, 1.165) is 94.3 Å². The van der Waals surface area contributed by atoms with Crippen LogP contribution in [0.2, 0.25) is 0 Å². The van der Waals surface area contributed by atoms with Gasteiger partial charge < -0.3 is 23.1 Å². The lowest BCUT2D eigenvalue weighted by atomic mass is 9.81. The first-order chi connectivity index (χ1) is 38.7. The zero-order valence-electron chi connectivity index (χ0n) is 44.2. The maximum absolute atomic E-state index is 6.99. The summed E-state index contributed by atoms with van der Waals surface area (Å²) in [6.07, 6.45) is 15.8. The van der Waals surface area contributed by atoms with Gasteiger partial charge in [-0.05, 0) is 135 Å². The molecule has 0 spiro atoms. The molecular formula is C74H52N2O3. The number of furan rings is 3. The smallest absolute Gasteiger partial charge is 0.147 e. The van der Waals surface area contributed by atoms with Crippen molar-refractivity contribution in [1.82, 2.24) is 0 Å². The Morgan fingerprint density at radius 3 is 1.59 bits per heavy atom. The first kappa shape index (κ1) is 44.5. The van der Waals surface area contributed by atoms with Crippen LogP contribution in [-0.4, -0.2) is 0 Å². The Kier molecular flexibility index (Phi) is 9.02. The highest BCUT2D eigenvalue weighted by Gasteiger charge is 2.38. The summed E-state index contributed by atoms with van der Waals surface area (Å²) in [7, 11) is 0. The SMILES string of the molecule is CC1(C)c2ccccc2-c2ccc(N(C3=CC=CC4C=CC=CC34)c3ccc4c(c3)oc3ccc5oc6c(ccc7oc8cc(N(c9ccc%10c(c9)C(C)(C)c9ccccc9-%10)c9cccc%10ccccc9%10)ccc8c76)c5c34)cc21. The normalized spacial score (nSPS) is 17.2. The summed E-state index contributed by atoms with van der Waals surface area (Å²) >= 11 is 0. The van der Waals surface area contributed by atoms with E-state index in [-0.39, 0.29) is 22.7 Å². The largest absolute Gasteiger partial charge is 0.456 e. The van der Waals surface area contributed by atoms with Gasteiger partial charge in [-0.3, -0.25) is 0 Å². The second-order valence-corrected chi connectivity index (χ2v) is 23.1. The van der Waals surface area contributed by atoms with Gasteiger partial charge in [0.2, 0.25) is 0 Å². The van der Waals surface area contributed by atoms with E-state index in [4.69, 9.17) is 13.3 Å². The molecule has 3 aromatic heterocycles. The molecule has 17 rings (SSSR count). The molecule has 0 amide bonds. The van der Waals surface area contributed by atoms with Gasteiger partial charge >= 0.3 is 0 Å². The molecule has 79 heavy (non-hydrogen) atoms. The van der Waals surface area contributed by atoms with Gasteiger partial charge in [-0.2, -0.15) is 0 Å². The van der Waals surface area contributed by atoms with Crippen LogP contribution in [0.25, 0.3) is 98.8 Å². The lowest BCUT2D eigenvalue weighted by Crippen LogP contribution is -2.28. The van der Waals surface area contributed by atoms with Crippen molar-refractivity contribution in [3.8, 4) is 22.3 Å². The third-order valence-electron chi connectivity index (χ3n) is 18.2. The van der Waals surface area contributed by atoms with Crippen LogP contribution in [0.4, 0.5) is 28.4 Å². The molecule has 0 saturated heterocycles. The lowest BCUT2D eigenvalue weighted by molar-refractivity contribution is 0.612. The van der Waals surface area contributed by atoms with Crippen molar-refractivity contribution in [3.63, 3.8) is 0 Å². The molecule has 0 radical (unpaired) electrons. The van der Waals surface area contributed by atoms with Crippen LogP contribution in [0.15, 0.2) is 250 Å².